The quantitative estimate of drug-likeness (QED) is 0.295. The topological polar surface area (TPSA) is 163 Å². The number of hydrogen-bond acceptors (Lipinski definition) is 9. The first kappa shape index (κ1) is 30.4. The predicted octanol–water partition coefficient (Wildman–Crippen LogP) is 0.895. The van der Waals surface area contributed by atoms with Crippen LogP contribution in [-0.2, 0) is 29.6 Å². The third kappa shape index (κ3) is 7.37. The van der Waals surface area contributed by atoms with Crippen molar-refractivity contribution in [1.29, 1.82) is 0 Å². The van der Waals surface area contributed by atoms with Gasteiger partial charge in [-0.05, 0) is 62.7 Å². The minimum absolute atomic E-state index is 0.00299. The van der Waals surface area contributed by atoms with Crippen molar-refractivity contribution in [3.05, 3.63) is 48.5 Å². The fourth-order valence-corrected chi connectivity index (χ4v) is 7.13. The van der Waals surface area contributed by atoms with Gasteiger partial charge in [-0.2, -0.15) is 4.31 Å². The molecule has 0 saturated carbocycles. The molecule has 220 valence electrons. The molecule has 2 unspecified atom stereocenters. The zero-order valence-electron chi connectivity index (χ0n) is 22.5. The number of aliphatic hydroxyl groups excluding tert-OH is 1. The summed E-state index contributed by atoms with van der Waals surface area (Å²) < 4.78 is 65.6. The Balaban J connectivity index is 1.22. The lowest BCUT2D eigenvalue weighted by molar-refractivity contribution is -0.114. The number of ether oxygens (including phenoxy) is 2. The number of anilines is 1. The van der Waals surface area contributed by atoms with Crippen molar-refractivity contribution in [2.75, 3.05) is 45.2 Å². The van der Waals surface area contributed by atoms with Gasteiger partial charge in [-0.15, -0.1) is 0 Å². The number of nitrogens with zero attached hydrogens (tertiary/aromatic N) is 1. The maximum absolute atomic E-state index is 13.1. The zero-order chi connectivity index (χ0) is 29.0. The van der Waals surface area contributed by atoms with Crippen molar-refractivity contribution in [3.63, 3.8) is 0 Å². The number of piperidine rings is 1. The molecule has 12 nitrogen and oxygen atoms in total. The Morgan fingerprint density at radius 2 is 1.82 bits per heavy atom. The van der Waals surface area contributed by atoms with Crippen LogP contribution in [0.2, 0.25) is 0 Å². The summed E-state index contributed by atoms with van der Waals surface area (Å²) in [5, 5.41) is 16.3. The Bertz CT molecular complexity index is 1390. The van der Waals surface area contributed by atoms with E-state index in [0.29, 0.717) is 50.4 Å². The molecule has 0 bridgehead atoms. The third-order valence-corrected chi connectivity index (χ3v) is 10.4. The van der Waals surface area contributed by atoms with Crippen LogP contribution in [0.5, 0.6) is 5.75 Å². The average Bonchev–Trinajstić information content (AvgIpc) is 3.33. The van der Waals surface area contributed by atoms with Crippen LogP contribution in [0.4, 0.5) is 5.69 Å². The summed E-state index contributed by atoms with van der Waals surface area (Å²) in [6.45, 7) is 2.75. The summed E-state index contributed by atoms with van der Waals surface area (Å²) in [5.74, 6) is 0.110. The van der Waals surface area contributed by atoms with Gasteiger partial charge in [-0.1, -0.05) is 6.07 Å². The van der Waals surface area contributed by atoms with E-state index < -0.39 is 31.8 Å². The number of carbonyl (C=O) groups excluding carboxylic acids is 1. The Kier molecular flexibility index (Phi) is 9.50. The molecule has 2 aliphatic rings. The molecule has 14 heteroatoms. The first-order valence-electron chi connectivity index (χ1n) is 13.0. The second-order valence-corrected chi connectivity index (χ2v) is 13.9. The van der Waals surface area contributed by atoms with Gasteiger partial charge < -0.3 is 25.2 Å². The van der Waals surface area contributed by atoms with Gasteiger partial charge in [0.1, 0.15) is 18.5 Å². The van der Waals surface area contributed by atoms with Crippen LogP contribution in [0.25, 0.3) is 0 Å². The van der Waals surface area contributed by atoms with Crippen LogP contribution in [0.3, 0.4) is 0 Å². The number of amides is 1. The molecule has 2 aliphatic heterocycles. The van der Waals surface area contributed by atoms with Crippen LogP contribution >= 0.6 is 0 Å². The maximum Gasteiger partial charge on any atom is 0.243 e. The molecule has 2 aromatic rings. The van der Waals surface area contributed by atoms with E-state index in [9.17, 15) is 26.7 Å². The van der Waals surface area contributed by atoms with Crippen molar-refractivity contribution in [3.8, 4) is 5.75 Å². The Labute approximate surface area is 235 Å². The fraction of sp³-hybridized carbons (Fsp3) is 0.500. The molecular weight excluding hydrogens is 560 g/mol. The number of rotatable bonds is 11. The van der Waals surface area contributed by atoms with E-state index in [1.165, 1.54) is 42.5 Å². The average molecular weight is 597 g/mol. The molecule has 2 saturated heterocycles. The molecular formula is C26H36N4O8S2. The SMILES string of the molecule is CNS(=O)(=O)c1cccc(OCC(O)CNC2COC3(CCN(S(=O)(=O)c4ccc(NC(C)=O)cc4)CC3)C2)c1. The smallest absolute Gasteiger partial charge is 0.243 e. The van der Waals surface area contributed by atoms with E-state index in [1.54, 1.807) is 24.3 Å². The molecule has 2 atom stereocenters. The highest BCUT2D eigenvalue weighted by Crippen LogP contribution is 2.37. The van der Waals surface area contributed by atoms with Gasteiger partial charge in [0.2, 0.25) is 26.0 Å². The minimum atomic E-state index is -3.66. The van der Waals surface area contributed by atoms with E-state index in [1.807, 2.05) is 0 Å². The molecule has 4 N–H and O–H groups in total. The van der Waals surface area contributed by atoms with Crippen molar-refractivity contribution in [2.45, 2.75) is 53.7 Å². The Morgan fingerprint density at radius 3 is 2.48 bits per heavy atom. The van der Waals surface area contributed by atoms with Gasteiger partial charge in [-0.3, -0.25) is 4.79 Å². The molecule has 40 heavy (non-hydrogen) atoms. The predicted molar refractivity (Wildman–Crippen MR) is 148 cm³/mol. The van der Waals surface area contributed by atoms with Crippen LogP contribution in [0, 0.1) is 0 Å². The number of carbonyl (C=O) groups is 1. The lowest BCUT2D eigenvalue weighted by atomic mass is 9.88. The monoisotopic (exact) mass is 596 g/mol. The van der Waals surface area contributed by atoms with E-state index in [0.717, 1.165) is 0 Å². The molecule has 4 rings (SSSR count). The fourth-order valence-electron chi connectivity index (χ4n) is 4.92. The summed E-state index contributed by atoms with van der Waals surface area (Å²) >= 11 is 0. The zero-order valence-corrected chi connectivity index (χ0v) is 24.1. The van der Waals surface area contributed by atoms with Gasteiger partial charge >= 0.3 is 0 Å². The Morgan fingerprint density at radius 1 is 1.12 bits per heavy atom. The molecule has 2 aromatic carbocycles. The van der Waals surface area contributed by atoms with E-state index in [2.05, 4.69) is 15.4 Å². The summed E-state index contributed by atoms with van der Waals surface area (Å²) in [5.41, 5.74) is 0.118. The lowest BCUT2D eigenvalue weighted by Crippen LogP contribution is -2.47. The second kappa shape index (κ2) is 12.5. The first-order valence-corrected chi connectivity index (χ1v) is 15.9. The van der Waals surface area contributed by atoms with Gasteiger partial charge in [0.15, 0.2) is 0 Å². The molecule has 0 aromatic heterocycles. The van der Waals surface area contributed by atoms with E-state index in [4.69, 9.17) is 9.47 Å². The number of sulfonamides is 2. The van der Waals surface area contributed by atoms with Crippen molar-refractivity contribution in [2.24, 2.45) is 0 Å². The highest BCUT2D eigenvalue weighted by atomic mass is 32.2. The lowest BCUT2D eigenvalue weighted by Gasteiger charge is -2.38. The highest BCUT2D eigenvalue weighted by Gasteiger charge is 2.44. The third-order valence-electron chi connectivity index (χ3n) is 7.12. The molecule has 1 amide bonds. The summed E-state index contributed by atoms with van der Waals surface area (Å²) in [6.07, 6.45) is 0.992. The van der Waals surface area contributed by atoms with Crippen LogP contribution in [0.1, 0.15) is 26.2 Å². The van der Waals surface area contributed by atoms with Crippen LogP contribution in [-0.4, -0.2) is 89.8 Å². The molecule has 2 fully saturated rings. The van der Waals surface area contributed by atoms with Crippen molar-refractivity contribution < 1.29 is 36.2 Å². The van der Waals surface area contributed by atoms with Crippen molar-refractivity contribution >= 4 is 31.6 Å². The normalized spacial score (nSPS) is 20.3. The van der Waals surface area contributed by atoms with E-state index >= 15 is 0 Å². The second-order valence-electron chi connectivity index (χ2n) is 10.1. The summed E-state index contributed by atoms with van der Waals surface area (Å²) in [7, 11) is -5.93. The Hall–Kier alpha value is -2.59. The first-order chi connectivity index (χ1) is 18.9. The number of aliphatic hydroxyl groups is 1. The standard InChI is InChI=1S/C26H36N4O8S2/c1-19(31)29-20-6-8-24(9-7-20)40(35,36)30-12-10-26(11-13-30)15-21(17-38-26)28-16-22(32)18-37-23-4-3-5-25(14-23)39(33,34)27-2/h3-9,14,21-22,27-28,32H,10-13,15-18H2,1-2H3,(H,29,31). The molecule has 0 radical (unpaired) electrons. The van der Waals surface area contributed by atoms with Gasteiger partial charge in [-0.25, -0.2) is 21.6 Å². The van der Waals surface area contributed by atoms with E-state index in [-0.39, 0.29) is 34.9 Å². The molecule has 0 aliphatic carbocycles. The van der Waals surface area contributed by atoms with Gasteiger partial charge in [0, 0.05) is 44.4 Å². The molecule has 1 spiro atoms. The largest absolute Gasteiger partial charge is 0.491 e. The highest BCUT2D eigenvalue weighted by molar-refractivity contribution is 7.89. The summed E-state index contributed by atoms with van der Waals surface area (Å²) in [4.78, 5) is 11.5. The van der Waals surface area contributed by atoms with Gasteiger partial charge in [0.25, 0.3) is 0 Å². The number of benzene rings is 2. The number of nitrogens with one attached hydrogen (secondary N) is 3. The molecule has 2 heterocycles. The number of hydrogen-bond donors (Lipinski definition) is 4. The van der Waals surface area contributed by atoms with Gasteiger partial charge in [0.05, 0.1) is 22.0 Å². The summed E-state index contributed by atoms with van der Waals surface area (Å²) in [6, 6.07) is 12.2. The minimum Gasteiger partial charge on any atom is -0.491 e. The maximum atomic E-state index is 13.1. The van der Waals surface area contributed by atoms with Crippen LogP contribution < -0.4 is 20.1 Å². The van der Waals surface area contributed by atoms with Crippen molar-refractivity contribution in [1.82, 2.24) is 14.3 Å². The van der Waals surface area contributed by atoms with Crippen LogP contribution in [0.15, 0.2) is 58.3 Å².